The molecule has 0 saturated heterocycles. The fourth-order valence-corrected chi connectivity index (χ4v) is 1.66. The highest BCUT2D eigenvalue weighted by molar-refractivity contribution is 5.34. The highest BCUT2D eigenvalue weighted by Crippen LogP contribution is 2.36. The number of halogens is 6. The molecule has 1 rings (SSSR count). The van der Waals surface area contributed by atoms with Crippen molar-refractivity contribution in [3.63, 3.8) is 0 Å². The molecule has 0 amide bonds. The Bertz CT molecular complexity index is 418. The van der Waals surface area contributed by atoms with Gasteiger partial charge in [0.15, 0.2) is 0 Å². The zero-order chi connectivity index (χ0) is 15.6. The SMILES string of the molecule is COC(CN)Cc1cc(C(F)(F)F)cc(C(F)(F)F)c1. The Morgan fingerprint density at radius 1 is 1.00 bits per heavy atom. The number of methoxy groups -OCH3 is 1. The van der Waals surface area contributed by atoms with Crippen LogP contribution in [0.1, 0.15) is 16.7 Å². The fourth-order valence-electron chi connectivity index (χ4n) is 1.66. The minimum absolute atomic E-state index is 0.00586. The van der Waals surface area contributed by atoms with Gasteiger partial charge in [0.05, 0.1) is 17.2 Å². The molecule has 1 unspecified atom stereocenters. The van der Waals surface area contributed by atoms with E-state index in [9.17, 15) is 26.3 Å². The summed E-state index contributed by atoms with van der Waals surface area (Å²) in [6, 6.07) is 1.45. The van der Waals surface area contributed by atoms with Crippen molar-refractivity contribution < 1.29 is 31.1 Å². The van der Waals surface area contributed by atoms with Gasteiger partial charge in [-0.2, -0.15) is 26.3 Å². The van der Waals surface area contributed by atoms with Crippen molar-refractivity contribution in [2.75, 3.05) is 13.7 Å². The van der Waals surface area contributed by atoms with Crippen LogP contribution in [0.4, 0.5) is 26.3 Å². The van der Waals surface area contributed by atoms with Crippen LogP contribution in [0.25, 0.3) is 0 Å². The van der Waals surface area contributed by atoms with E-state index in [2.05, 4.69) is 0 Å². The third-order valence-electron chi connectivity index (χ3n) is 2.71. The first-order chi connectivity index (χ1) is 9.07. The number of nitrogens with two attached hydrogens (primary N) is 1. The van der Waals surface area contributed by atoms with Crippen molar-refractivity contribution in [2.24, 2.45) is 5.73 Å². The average molecular weight is 301 g/mol. The smallest absolute Gasteiger partial charge is 0.380 e. The summed E-state index contributed by atoms with van der Waals surface area (Å²) in [6.07, 6.45) is -10.5. The zero-order valence-electron chi connectivity index (χ0n) is 10.5. The van der Waals surface area contributed by atoms with Gasteiger partial charge in [0.25, 0.3) is 0 Å². The summed E-state index contributed by atoms with van der Waals surface area (Å²) in [6.45, 7) is -0.00586. The molecule has 0 bridgehead atoms. The standard InChI is InChI=1S/C12H13F6NO/c1-20-10(6-19)4-7-2-8(11(13,14)15)5-9(3-7)12(16,17)18/h2-3,5,10H,4,6,19H2,1H3. The highest BCUT2D eigenvalue weighted by Gasteiger charge is 2.36. The van der Waals surface area contributed by atoms with Crippen LogP contribution >= 0.6 is 0 Å². The molecule has 1 aromatic rings. The van der Waals surface area contributed by atoms with Gasteiger partial charge < -0.3 is 10.5 Å². The fraction of sp³-hybridized carbons (Fsp3) is 0.500. The lowest BCUT2D eigenvalue weighted by atomic mass is 10.0. The number of hydrogen-bond acceptors (Lipinski definition) is 2. The minimum Gasteiger partial charge on any atom is -0.380 e. The number of alkyl halides is 6. The van der Waals surface area contributed by atoms with Crippen molar-refractivity contribution in [3.8, 4) is 0 Å². The summed E-state index contributed by atoms with van der Waals surface area (Å²) < 4.78 is 80.6. The normalized spacial score (nSPS) is 14.4. The molecule has 8 heteroatoms. The van der Waals surface area contributed by atoms with Gasteiger partial charge in [0.2, 0.25) is 0 Å². The maximum absolute atomic E-state index is 12.6. The van der Waals surface area contributed by atoms with E-state index in [1.807, 2.05) is 0 Å². The number of rotatable bonds is 4. The Morgan fingerprint density at radius 2 is 1.45 bits per heavy atom. The Balaban J connectivity index is 3.24. The summed E-state index contributed by atoms with van der Waals surface area (Å²) in [4.78, 5) is 0. The van der Waals surface area contributed by atoms with Crippen molar-refractivity contribution >= 4 is 0 Å². The van der Waals surface area contributed by atoms with Crippen molar-refractivity contribution in [2.45, 2.75) is 24.9 Å². The molecular weight excluding hydrogens is 288 g/mol. The Labute approximate surface area is 111 Å². The van der Waals surface area contributed by atoms with E-state index in [1.54, 1.807) is 0 Å². The van der Waals surface area contributed by atoms with Gasteiger partial charge in [-0.3, -0.25) is 0 Å². The van der Waals surface area contributed by atoms with Crippen LogP contribution in [-0.2, 0) is 23.5 Å². The molecule has 20 heavy (non-hydrogen) atoms. The molecule has 114 valence electrons. The van der Waals surface area contributed by atoms with E-state index in [0.717, 1.165) is 0 Å². The molecule has 0 fully saturated rings. The molecule has 0 heterocycles. The topological polar surface area (TPSA) is 35.2 Å². The van der Waals surface area contributed by atoms with Crippen LogP contribution in [0.5, 0.6) is 0 Å². The summed E-state index contributed by atoms with van der Waals surface area (Å²) in [7, 11) is 1.29. The predicted octanol–water partition coefficient (Wildman–Crippen LogP) is 3.24. The van der Waals surface area contributed by atoms with Crippen LogP contribution < -0.4 is 5.73 Å². The third-order valence-corrected chi connectivity index (χ3v) is 2.71. The highest BCUT2D eigenvalue weighted by atomic mass is 19.4. The van der Waals surface area contributed by atoms with E-state index in [4.69, 9.17) is 10.5 Å². The second kappa shape index (κ2) is 6.01. The molecular formula is C12H13F6NO. The molecule has 0 aliphatic carbocycles. The van der Waals surface area contributed by atoms with Crippen LogP contribution in [0.3, 0.4) is 0 Å². The van der Waals surface area contributed by atoms with Gasteiger partial charge in [-0.05, 0) is 30.2 Å². The van der Waals surface area contributed by atoms with Crippen LogP contribution in [0.15, 0.2) is 18.2 Å². The second-order valence-electron chi connectivity index (χ2n) is 4.21. The molecule has 0 radical (unpaired) electrons. The lowest BCUT2D eigenvalue weighted by Crippen LogP contribution is -2.25. The van der Waals surface area contributed by atoms with E-state index >= 15 is 0 Å². The molecule has 0 aliphatic rings. The summed E-state index contributed by atoms with van der Waals surface area (Å²) in [5, 5.41) is 0. The monoisotopic (exact) mass is 301 g/mol. The molecule has 0 aromatic heterocycles. The molecule has 2 N–H and O–H groups in total. The molecule has 1 atom stereocenters. The summed E-state index contributed by atoms with van der Waals surface area (Å²) in [5.41, 5.74) is 2.51. The van der Waals surface area contributed by atoms with Crippen molar-refractivity contribution in [1.29, 1.82) is 0 Å². The Morgan fingerprint density at radius 3 is 1.75 bits per heavy atom. The van der Waals surface area contributed by atoms with Gasteiger partial charge in [0.1, 0.15) is 0 Å². The van der Waals surface area contributed by atoms with Crippen molar-refractivity contribution in [3.05, 3.63) is 34.9 Å². The van der Waals surface area contributed by atoms with Gasteiger partial charge in [0, 0.05) is 13.7 Å². The summed E-state index contributed by atoms with van der Waals surface area (Å²) >= 11 is 0. The average Bonchev–Trinajstić information content (AvgIpc) is 2.33. The number of ether oxygens (including phenoxy) is 1. The zero-order valence-corrected chi connectivity index (χ0v) is 10.5. The van der Waals surface area contributed by atoms with Crippen LogP contribution in [0.2, 0.25) is 0 Å². The maximum atomic E-state index is 12.6. The Hall–Kier alpha value is -1.28. The first-order valence-electron chi connectivity index (χ1n) is 5.59. The molecule has 2 nitrogen and oxygen atoms in total. The van der Waals surface area contributed by atoms with Crippen LogP contribution in [-0.4, -0.2) is 19.8 Å². The van der Waals surface area contributed by atoms with E-state index < -0.39 is 29.6 Å². The predicted molar refractivity (Wildman–Crippen MR) is 60.0 cm³/mol. The molecule has 0 aliphatic heterocycles. The van der Waals surface area contributed by atoms with E-state index in [1.165, 1.54) is 7.11 Å². The lowest BCUT2D eigenvalue weighted by Gasteiger charge is -2.17. The van der Waals surface area contributed by atoms with Gasteiger partial charge in [-0.1, -0.05) is 0 Å². The van der Waals surface area contributed by atoms with Gasteiger partial charge >= 0.3 is 12.4 Å². The van der Waals surface area contributed by atoms with Crippen LogP contribution in [0, 0.1) is 0 Å². The first kappa shape index (κ1) is 16.8. The van der Waals surface area contributed by atoms with Gasteiger partial charge in [-0.25, -0.2) is 0 Å². The molecule has 0 saturated carbocycles. The number of benzene rings is 1. The minimum atomic E-state index is -4.85. The third kappa shape index (κ3) is 4.38. The van der Waals surface area contributed by atoms with Crippen molar-refractivity contribution in [1.82, 2.24) is 0 Å². The van der Waals surface area contributed by atoms with E-state index in [0.29, 0.717) is 12.1 Å². The largest absolute Gasteiger partial charge is 0.416 e. The van der Waals surface area contributed by atoms with E-state index in [-0.39, 0.29) is 24.6 Å². The summed E-state index contributed by atoms with van der Waals surface area (Å²) in [5.74, 6) is 0. The first-order valence-corrected chi connectivity index (χ1v) is 5.59. The number of hydrogen-bond donors (Lipinski definition) is 1. The second-order valence-corrected chi connectivity index (χ2v) is 4.21. The molecule has 1 aromatic carbocycles. The molecule has 0 spiro atoms. The maximum Gasteiger partial charge on any atom is 0.416 e. The van der Waals surface area contributed by atoms with Gasteiger partial charge in [-0.15, -0.1) is 0 Å². The quantitative estimate of drug-likeness (QED) is 0.867. The lowest BCUT2D eigenvalue weighted by molar-refractivity contribution is -0.143. The Kier molecular flexibility index (Phi) is 5.04.